The number of benzene rings is 1. The van der Waals surface area contributed by atoms with Crippen LogP contribution in [0.1, 0.15) is 33.6 Å². The predicted octanol–water partition coefficient (Wildman–Crippen LogP) is 3.36. The van der Waals surface area contributed by atoms with E-state index in [4.69, 9.17) is 14.6 Å². The highest BCUT2D eigenvalue weighted by atomic mass is 16.5. The summed E-state index contributed by atoms with van der Waals surface area (Å²) in [6, 6.07) is 7.37. The third-order valence-electron chi connectivity index (χ3n) is 2.87. The second-order valence-electron chi connectivity index (χ2n) is 5.11. The average Bonchev–Trinajstić information content (AvgIpc) is 2.37. The van der Waals surface area contributed by atoms with Crippen molar-refractivity contribution in [2.75, 3.05) is 13.2 Å². The van der Waals surface area contributed by atoms with Gasteiger partial charge in [0.05, 0.1) is 18.6 Å². The van der Waals surface area contributed by atoms with Crippen LogP contribution in [0.25, 0.3) is 0 Å². The number of rotatable bonds is 8. The van der Waals surface area contributed by atoms with Gasteiger partial charge in [0, 0.05) is 0 Å². The van der Waals surface area contributed by atoms with E-state index in [2.05, 4.69) is 6.92 Å². The molecule has 0 spiro atoms. The van der Waals surface area contributed by atoms with Gasteiger partial charge in [-0.15, -0.1) is 0 Å². The normalized spacial score (nSPS) is 11.1. The van der Waals surface area contributed by atoms with Crippen molar-refractivity contribution < 1.29 is 19.4 Å². The lowest BCUT2D eigenvalue weighted by atomic mass is 9.90. The lowest BCUT2D eigenvalue weighted by molar-refractivity contribution is -0.147. The number of hydrogen-bond donors (Lipinski definition) is 1. The maximum absolute atomic E-state index is 10.9. The first kappa shape index (κ1) is 15.3. The van der Waals surface area contributed by atoms with Gasteiger partial charge in [0.1, 0.15) is 11.5 Å². The highest BCUT2D eigenvalue weighted by Gasteiger charge is 2.26. The SMILES string of the molecule is CCCOc1ccc(OCCC(C)(C)C(=O)O)cc1. The molecule has 0 fully saturated rings. The Bertz CT molecular complexity index is 395. The Hall–Kier alpha value is -1.71. The maximum atomic E-state index is 10.9. The molecule has 1 N–H and O–H groups in total. The summed E-state index contributed by atoms with van der Waals surface area (Å²) >= 11 is 0. The van der Waals surface area contributed by atoms with E-state index in [-0.39, 0.29) is 0 Å². The molecule has 19 heavy (non-hydrogen) atoms. The van der Waals surface area contributed by atoms with Crippen LogP contribution < -0.4 is 9.47 Å². The van der Waals surface area contributed by atoms with Crippen LogP contribution in [0.15, 0.2) is 24.3 Å². The number of carboxylic acids is 1. The quantitative estimate of drug-likeness (QED) is 0.784. The molecular weight excluding hydrogens is 244 g/mol. The smallest absolute Gasteiger partial charge is 0.309 e. The average molecular weight is 266 g/mol. The van der Waals surface area contributed by atoms with Crippen LogP contribution in [0.4, 0.5) is 0 Å². The standard InChI is InChI=1S/C15H22O4/c1-4-10-18-12-5-7-13(8-6-12)19-11-9-15(2,3)14(16)17/h5-8H,4,9-11H2,1-3H3,(H,16,17). The molecule has 1 rings (SSSR count). The Morgan fingerprint density at radius 3 is 2.00 bits per heavy atom. The van der Waals surface area contributed by atoms with Gasteiger partial charge in [0.2, 0.25) is 0 Å². The van der Waals surface area contributed by atoms with Gasteiger partial charge >= 0.3 is 5.97 Å². The van der Waals surface area contributed by atoms with Gasteiger partial charge < -0.3 is 14.6 Å². The van der Waals surface area contributed by atoms with Gasteiger partial charge in [-0.25, -0.2) is 0 Å². The van der Waals surface area contributed by atoms with E-state index >= 15 is 0 Å². The van der Waals surface area contributed by atoms with Gasteiger partial charge in [-0.2, -0.15) is 0 Å². The molecule has 0 aliphatic carbocycles. The molecule has 0 heterocycles. The summed E-state index contributed by atoms with van der Waals surface area (Å²) in [5.74, 6) is 0.740. The zero-order valence-electron chi connectivity index (χ0n) is 11.8. The van der Waals surface area contributed by atoms with Crippen LogP contribution in [0.3, 0.4) is 0 Å². The molecule has 0 saturated carbocycles. The van der Waals surface area contributed by atoms with Crippen molar-refractivity contribution in [1.29, 1.82) is 0 Å². The number of ether oxygens (including phenoxy) is 2. The minimum atomic E-state index is -0.806. The van der Waals surface area contributed by atoms with Crippen molar-refractivity contribution in [3.05, 3.63) is 24.3 Å². The third kappa shape index (κ3) is 5.20. The van der Waals surface area contributed by atoms with Gasteiger partial charge in [-0.05, 0) is 51.0 Å². The highest BCUT2D eigenvalue weighted by molar-refractivity contribution is 5.73. The topological polar surface area (TPSA) is 55.8 Å². The Morgan fingerprint density at radius 1 is 1.11 bits per heavy atom. The monoisotopic (exact) mass is 266 g/mol. The van der Waals surface area contributed by atoms with E-state index in [1.807, 2.05) is 24.3 Å². The molecule has 0 atom stereocenters. The Balaban J connectivity index is 2.40. The first-order valence-corrected chi connectivity index (χ1v) is 6.55. The van der Waals surface area contributed by atoms with E-state index in [0.717, 1.165) is 17.9 Å². The maximum Gasteiger partial charge on any atom is 0.309 e. The summed E-state index contributed by atoms with van der Waals surface area (Å²) in [5.41, 5.74) is -0.760. The number of aliphatic carboxylic acids is 1. The fourth-order valence-corrected chi connectivity index (χ4v) is 1.38. The van der Waals surface area contributed by atoms with Crippen LogP contribution in [-0.4, -0.2) is 24.3 Å². The zero-order valence-corrected chi connectivity index (χ0v) is 11.8. The Morgan fingerprint density at radius 2 is 1.58 bits per heavy atom. The molecule has 0 unspecified atom stereocenters. The van der Waals surface area contributed by atoms with E-state index in [0.29, 0.717) is 19.6 Å². The molecule has 0 aliphatic heterocycles. The van der Waals surface area contributed by atoms with Crippen LogP contribution >= 0.6 is 0 Å². The molecule has 1 aromatic carbocycles. The fraction of sp³-hybridized carbons (Fsp3) is 0.533. The fourth-order valence-electron chi connectivity index (χ4n) is 1.38. The largest absolute Gasteiger partial charge is 0.494 e. The van der Waals surface area contributed by atoms with Crippen molar-refractivity contribution in [2.24, 2.45) is 5.41 Å². The van der Waals surface area contributed by atoms with Crippen LogP contribution in [0.5, 0.6) is 11.5 Å². The molecule has 0 amide bonds. The first-order chi connectivity index (χ1) is 8.95. The molecule has 1 aromatic rings. The minimum absolute atomic E-state index is 0.383. The molecule has 0 bridgehead atoms. The summed E-state index contributed by atoms with van der Waals surface area (Å²) in [7, 11) is 0. The van der Waals surface area contributed by atoms with E-state index in [9.17, 15) is 4.79 Å². The van der Waals surface area contributed by atoms with Gasteiger partial charge in [0.15, 0.2) is 0 Å². The second kappa shape index (κ2) is 7.02. The molecule has 4 heteroatoms. The molecule has 0 radical (unpaired) electrons. The molecule has 106 valence electrons. The number of carboxylic acid groups (broad SMARTS) is 1. The summed E-state index contributed by atoms with van der Waals surface area (Å²) in [6.07, 6.45) is 1.44. The third-order valence-corrected chi connectivity index (χ3v) is 2.87. The molecule has 0 saturated heterocycles. The van der Waals surface area contributed by atoms with Gasteiger partial charge in [-0.1, -0.05) is 6.92 Å². The first-order valence-electron chi connectivity index (χ1n) is 6.55. The molecule has 0 aromatic heterocycles. The molecule has 4 nitrogen and oxygen atoms in total. The second-order valence-corrected chi connectivity index (χ2v) is 5.11. The van der Waals surface area contributed by atoms with Gasteiger partial charge in [0.25, 0.3) is 0 Å². The van der Waals surface area contributed by atoms with Crippen LogP contribution in [0.2, 0.25) is 0 Å². The zero-order chi connectivity index (χ0) is 14.3. The van der Waals surface area contributed by atoms with Gasteiger partial charge in [-0.3, -0.25) is 4.79 Å². The number of hydrogen-bond acceptors (Lipinski definition) is 3. The molecular formula is C15H22O4. The van der Waals surface area contributed by atoms with Crippen molar-refractivity contribution >= 4 is 5.97 Å². The summed E-state index contributed by atoms with van der Waals surface area (Å²) in [6.45, 7) is 6.53. The Labute approximate surface area is 114 Å². The van der Waals surface area contributed by atoms with Crippen LogP contribution in [-0.2, 0) is 4.79 Å². The van der Waals surface area contributed by atoms with Crippen molar-refractivity contribution in [1.82, 2.24) is 0 Å². The predicted molar refractivity (Wildman–Crippen MR) is 73.8 cm³/mol. The summed E-state index contributed by atoms with van der Waals surface area (Å²) < 4.78 is 11.0. The Kier molecular flexibility index (Phi) is 5.67. The van der Waals surface area contributed by atoms with Crippen molar-refractivity contribution in [3.8, 4) is 11.5 Å². The van der Waals surface area contributed by atoms with E-state index in [1.54, 1.807) is 13.8 Å². The molecule has 0 aliphatic rings. The highest BCUT2D eigenvalue weighted by Crippen LogP contribution is 2.22. The lowest BCUT2D eigenvalue weighted by Crippen LogP contribution is -2.25. The summed E-state index contributed by atoms with van der Waals surface area (Å²) in [5, 5.41) is 8.99. The number of carbonyl (C=O) groups is 1. The van der Waals surface area contributed by atoms with Crippen LogP contribution in [0, 0.1) is 5.41 Å². The van der Waals surface area contributed by atoms with E-state index in [1.165, 1.54) is 0 Å². The van der Waals surface area contributed by atoms with Crippen molar-refractivity contribution in [2.45, 2.75) is 33.6 Å². The van der Waals surface area contributed by atoms with E-state index < -0.39 is 11.4 Å². The lowest BCUT2D eigenvalue weighted by Gasteiger charge is -2.18. The van der Waals surface area contributed by atoms with Crippen molar-refractivity contribution in [3.63, 3.8) is 0 Å². The minimum Gasteiger partial charge on any atom is -0.494 e. The summed E-state index contributed by atoms with van der Waals surface area (Å²) in [4.78, 5) is 10.9.